The molecule has 0 fully saturated rings. The summed E-state index contributed by atoms with van der Waals surface area (Å²) in [5.41, 5.74) is 1.63. The molecule has 1 heterocycles. The maximum absolute atomic E-state index is 11.7. The van der Waals surface area contributed by atoms with Crippen LogP contribution in [0.25, 0.3) is 22.8 Å². The number of nitrogens with one attached hydrogen (secondary N) is 1. The lowest BCUT2D eigenvalue weighted by atomic mass is 10.2. The number of ether oxygens (including phenoxy) is 1. The smallest absolute Gasteiger partial charge is 0.258 e. The van der Waals surface area contributed by atoms with Crippen LogP contribution in [0.5, 0.6) is 5.75 Å². The molecule has 1 amide bonds. The molecule has 134 valence electrons. The van der Waals surface area contributed by atoms with Gasteiger partial charge in [0, 0.05) is 17.7 Å². The molecule has 0 saturated carbocycles. The largest absolute Gasteiger partial charge is 0.484 e. The first-order chi connectivity index (χ1) is 12.8. The lowest BCUT2D eigenvalue weighted by Gasteiger charge is -2.07. The van der Waals surface area contributed by atoms with E-state index in [0.29, 0.717) is 24.0 Å². The van der Waals surface area contributed by atoms with E-state index in [-0.39, 0.29) is 12.5 Å². The van der Waals surface area contributed by atoms with Gasteiger partial charge in [-0.3, -0.25) is 4.79 Å². The van der Waals surface area contributed by atoms with Gasteiger partial charge in [-0.25, -0.2) is 0 Å². The number of carbonyl (C=O) groups excluding carboxylic acids is 1. The van der Waals surface area contributed by atoms with Gasteiger partial charge < -0.3 is 14.6 Å². The third-order valence-electron chi connectivity index (χ3n) is 3.76. The topological polar surface area (TPSA) is 77.2 Å². The number of rotatable bonds is 8. The monoisotopic (exact) mass is 351 g/mol. The predicted molar refractivity (Wildman–Crippen MR) is 98.6 cm³/mol. The number of amides is 1. The highest BCUT2D eigenvalue weighted by Gasteiger charge is 2.11. The molecular weight excluding hydrogens is 330 g/mol. The first-order valence-electron chi connectivity index (χ1n) is 8.65. The van der Waals surface area contributed by atoms with Crippen molar-refractivity contribution >= 4 is 5.91 Å². The van der Waals surface area contributed by atoms with E-state index >= 15 is 0 Å². The molecule has 3 rings (SSSR count). The molecule has 6 heteroatoms. The van der Waals surface area contributed by atoms with Gasteiger partial charge in [-0.15, -0.1) is 0 Å². The Morgan fingerprint density at radius 1 is 1.12 bits per heavy atom. The van der Waals surface area contributed by atoms with Crippen LogP contribution in [0.1, 0.15) is 19.8 Å². The normalized spacial score (nSPS) is 10.5. The number of carbonyl (C=O) groups is 1. The molecule has 0 aliphatic heterocycles. The maximum Gasteiger partial charge on any atom is 0.258 e. The minimum Gasteiger partial charge on any atom is -0.484 e. The molecule has 26 heavy (non-hydrogen) atoms. The fourth-order valence-electron chi connectivity index (χ4n) is 2.37. The lowest BCUT2D eigenvalue weighted by Crippen LogP contribution is -2.29. The van der Waals surface area contributed by atoms with Crippen molar-refractivity contribution in [3.05, 3.63) is 54.6 Å². The Hall–Kier alpha value is -3.15. The number of hydrogen-bond donors (Lipinski definition) is 1. The molecule has 0 radical (unpaired) electrons. The van der Waals surface area contributed by atoms with Crippen molar-refractivity contribution in [1.29, 1.82) is 0 Å². The van der Waals surface area contributed by atoms with Crippen LogP contribution in [0.3, 0.4) is 0 Å². The second-order valence-electron chi connectivity index (χ2n) is 5.81. The molecule has 0 bridgehead atoms. The van der Waals surface area contributed by atoms with Gasteiger partial charge in [0.25, 0.3) is 11.8 Å². The molecule has 1 N–H and O–H groups in total. The second kappa shape index (κ2) is 8.80. The van der Waals surface area contributed by atoms with Crippen molar-refractivity contribution < 1.29 is 14.1 Å². The molecule has 0 spiro atoms. The summed E-state index contributed by atoms with van der Waals surface area (Å²) < 4.78 is 10.9. The van der Waals surface area contributed by atoms with Gasteiger partial charge in [0.05, 0.1) is 0 Å². The van der Waals surface area contributed by atoms with E-state index in [9.17, 15) is 4.79 Å². The summed E-state index contributed by atoms with van der Waals surface area (Å²) in [5, 5.41) is 6.83. The molecule has 6 nitrogen and oxygen atoms in total. The van der Waals surface area contributed by atoms with Crippen molar-refractivity contribution in [2.24, 2.45) is 0 Å². The van der Waals surface area contributed by atoms with Crippen LogP contribution in [0.2, 0.25) is 0 Å². The molecule has 0 aliphatic carbocycles. The third kappa shape index (κ3) is 4.69. The van der Waals surface area contributed by atoms with Gasteiger partial charge in [-0.1, -0.05) is 54.9 Å². The van der Waals surface area contributed by atoms with Gasteiger partial charge in [0.2, 0.25) is 5.82 Å². The number of aromatic nitrogens is 2. The molecule has 1 aromatic heterocycles. The zero-order valence-electron chi connectivity index (χ0n) is 14.6. The SMILES string of the molecule is CCCCNC(=O)COc1cccc(-c2nc(-c3ccccc3)no2)c1. The Balaban J connectivity index is 1.64. The van der Waals surface area contributed by atoms with E-state index in [0.717, 1.165) is 24.0 Å². The lowest BCUT2D eigenvalue weighted by molar-refractivity contribution is -0.123. The zero-order valence-corrected chi connectivity index (χ0v) is 14.6. The molecule has 0 saturated heterocycles. The van der Waals surface area contributed by atoms with Crippen LogP contribution in [0.4, 0.5) is 0 Å². The van der Waals surface area contributed by atoms with E-state index < -0.39 is 0 Å². The second-order valence-corrected chi connectivity index (χ2v) is 5.81. The third-order valence-corrected chi connectivity index (χ3v) is 3.76. The van der Waals surface area contributed by atoms with E-state index in [1.807, 2.05) is 42.5 Å². The Bertz CT molecular complexity index is 846. The summed E-state index contributed by atoms with van der Waals surface area (Å²) >= 11 is 0. The average Bonchev–Trinajstić information content (AvgIpc) is 3.18. The fourth-order valence-corrected chi connectivity index (χ4v) is 2.37. The number of hydrogen-bond acceptors (Lipinski definition) is 5. The Morgan fingerprint density at radius 2 is 1.92 bits per heavy atom. The highest BCUT2D eigenvalue weighted by atomic mass is 16.5. The molecule has 0 aliphatic rings. The van der Waals surface area contributed by atoms with Crippen molar-refractivity contribution in [1.82, 2.24) is 15.5 Å². The number of nitrogens with zero attached hydrogens (tertiary/aromatic N) is 2. The summed E-state index contributed by atoms with van der Waals surface area (Å²) in [6.45, 7) is 2.73. The highest BCUT2D eigenvalue weighted by molar-refractivity contribution is 5.77. The summed E-state index contributed by atoms with van der Waals surface area (Å²) in [6, 6.07) is 16.9. The average molecular weight is 351 g/mol. The molecule has 2 aromatic carbocycles. The predicted octanol–water partition coefficient (Wildman–Crippen LogP) is 3.70. The molecule has 0 unspecified atom stereocenters. The zero-order chi connectivity index (χ0) is 18.2. The van der Waals surface area contributed by atoms with E-state index in [4.69, 9.17) is 9.26 Å². The van der Waals surface area contributed by atoms with Crippen molar-refractivity contribution in [2.75, 3.05) is 13.2 Å². The number of unbranched alkanes of at least 4 members (excludes halogenated alkanes) is 1. The van der Waals surface area contributed by atoms with E-state index in [1.54, 1.807) is 12.1 Å². The van der Waals surface area contributed by atoms with Crippen molar-refractivity contribution in [2.45, 2.75) is 19.8 Å². The van der Waals surface area contributed by atoms with Gasteiger partial charge in [-0.2, -0.15) is 4.98 Å². The van der Waals surface area contributed by atoms with Crippen molar-refractivity contribution in [3.8, 4) is 28.6 Å². The van der Waals surface area contributed by atoms with Gasteiger partial charge >= 0.3 is 0 Å². The van der Waals surface area contributed by atoms with Gasteiger partial charge in [-0.05, 0) is 24.6 Å². The Kier molecular flexibility index (Phi) is 5.98. The fraction of sp³-hybridized carbons (Fsp3) is 0.250. The highest BCUT2D eigenvalue weighted by Crippen LogP contribution is 2.25. The van der Waals surface area contributed by atoms with E-state index in [2.05, 4.69) is 22.4 Å². The maximum atomic E-state index is 11.7. The first-order valence-corrected chi connectivity index (χ1v) is 8.65. The van der Waals surface area contributed by atoms with Crippen LogP contribution in [0.15, 0.2) is 59.1 Å². The summed E-state index contributed by atoms with van der Waals surface area (Å²) in [7, 11) is 0. The van der Waals surface area contributed by atoms with Crippen LogP contribution >= 0.6 is 0 Å². The van der Waals surface area contributed by atoms with Crippen LogP contribution in [-0.4, -0.2) is 29.2 Å². The molecular formula is C20H21N3O3. The van der Waals surface area contributed by atoms with Gasteiger partial charge in [0.1, 0.15) is 5.75 Å². The summed E-state index contributed by atoms with van der Waals surface area (Å²) in [5.74, 6) is 1.38. The first kappa shape index (κ1) is 17.7. The van der Waals surface area contributed by atoms with Crippen molar-refractivity contribution in [3.63, 3.8) is 0 Å². The minimum atomic E-state index is -0.131. The van der Waals surface area contributed by atoms with E-state index in [1.165, 1.54) is 0 Å². The quantitative estimate of drug-likeness (QED) is 0.626. The molecule has 0 atom stereocenters. The standard InChI is InChI=1S/C20H21N3O3/c1-2-3-12-21-18(24)14-25-17-11-7-10-16(13-17)20-22-19(23-26-20)15-8-5-4-6-9-15/h4-11,13H,2-3,12,14H2,1H3,(H,21,24). The minimum absolute atomic E-state index is 0.0216. The Labute approximate surface area is 152 Å². The van der Waals surface area contributed by atoms with Crippen LogP contribution < -0.4 is 10.1 Å². The summed E-state index contributed by atoms with van der Waals surface area (Å²) in [4.78, 5) is 16.2. The Morgan fingerprint density at radius 3 is 2.73 bits per heavy atom. The van der Waals surface area contributed by atoms with Crippen LogP contribution in [0, 0.1) is 0 Å². The van der Waals surface area contributed by atoms with Crippen LogP contribution in [-0.2, 0) is 4.79 Å². The summed E-state index contributed by atoms with van der Waals surface area (Å²) in [6.07, 6.45) is 2.00. The molecule has 3 aromatic rings. The number of benzene rings is 2. The van der Waals surface area contributed by atoms with Gasteiger partial charge in [0.15, 0.2) is 6.61 Å².